The minimum atomic E-state index is 0.0394. The van der Waals surface area contributed by atoms with Gasteiger partial charge in [0.05, 0.1) is 0 Å². The normalized spacial score (nSPS) is 7.38. The summed E-state index contributed by atoms with van der Waals surface area (Å²) in [5, 5.41) is 2.57. The molecule has 0 fully saturated rings. The minimum absolute atomic E-state index is 0.0394. The first-order valence-corrected chi connectivity index (χ1v) is 6.78. The lowest BCUT2D eigenvalue weighted by Crippen LogP contribution is -2.18. The Hall–Kier alpha value is -0.530. The summed E-state index contributed by atoms with van der Waals surface area (Å²) in [4.78, 5) is 9.93. The van der Waals surface area contributed by atoms with E-state index in [2.05, 4.69) is 26.1 Å². The molecule has 0 spiro atoms. The van der Waals surface area contributed by atoms with Gasteiger partial charge in [-0.3, -0.25) is 4.79 Å². The van der Waals surface area contributed by atoms with Crippen LogP contribution in [0.25, 0.3) is 0 Å². The van der Waals surface area contributed by atoms with E-state index in [1.165, 1.54) is 19.8 Å². The molecule has 0 aliphatic carbocycles. The fraction of sp³-hybridized carbons (Fsp3) is 0.929. The highest BCUT2D eigenvalue weighted by Gasteiger charge is 1.85. The fourth-order valence-electron chi connectivity index (χ4n) is 0.826. The maximum atomic E-state index is 9.93. The molecule has 0 heterocycles. The van der Waals surface area contributed by atoms with Crippen molar-refractivity contribution in [3.05, 3.63) is 0 Å². The smallest absolute Gasteiger partial charge is 0.216 e. The summed E-state index contributed by atoms with van der Waals surface area (Å²) in [6, 6.07) is 0. The molecule has 0 rings (SSSR count). The predicted octanol–water partition coefficient (Wildman–Crippen LogP) is 4.64. The SMILES string of the molecule is CC.CC.CCCC(C)C.CCNC(C)=O. The van der Waals surface area contributed by atoms with Gasteiger partial charge in [0.2, 0.25) is 5.91 Å². The highest BCUT2D eigenvalue weighted by atomic mass is 16.1. The van der Waals surface area contributed by atoms with Crippen molar-refractivity contribution in [2.24, 2.45) is 5.92 Å². The number of hydrogen-bond donors (Lipinski definition) is 1. The Morgan fingerprint density at radius 3 is 1.44 bits per heavy atom. The van der Waals surface area contributed by atoms with Gasteiger partial charge in [0.25, 0.3) is 0 Å². The third-order valence-corrected chi connectivity index (χ3v) is 1.29. The molecule has 1 amide bonds. The van der Waals surface area contributed by atoms with Crippen molar-refractivity contribution in [3.63, 3.8) is 0 Å². The van der Waals surface area contributed by atoms with Crippen LogP contribution in [0.1, 0.15) is 75.2 Å². The Morgan fingerprint density at radius 2 is 1.44 bits per heavy atom. The van der Waals surface area contributed by atoms with Crippen molar-refractivity contribution in [2.75, 3.05) is 6.54 Å². The molecule has 0 aromatic heterocycles. The highest BCUT2D eigenvalue weighted by molar-refractivity contribution is 5.72. The van der Waals surface area contributed by atoms with E-state index in [9.17, 15) is 4.79 Å². The van der Waals surface area contributed by atoms with Crippen molar-refractivity contribution < 1.29 is 4.79 Å². The van der Waals surface area contributed by atoms with Crippen molar-refractivity contribution >= 4 is 5.91 Å². The molecule has 2 nitrogen and oxygen atoms in total. The molecule has 16 heavy (non-hydrogen) atoms. The van der Waals surface area contributed by atoms with Crippen LogP contribution in [0.5, 0.6) is 0 Å². The van der Waals surface area contributed by atoms with Gasteiger partial charge in [0.1, 0.15) is 0 Å². The summed E-state index contributed by atoms with van der Waals surface area (Å²) in [5.41, 5.74) is 0. The van der Waals surface area contributed by atoms with E-state index in [4.69, 9.17) is 0 Å². The number of carbonyl (C=O) groups is 1. The standard InChI is InChI=1S/C6H14.C4H9NO.2C2H6/c1-4-5-6(2)3;1-3-5-4(2)6;2*1-2/h6H,4-5H2,1-3H3;3H2,1-2H3,(H,5,6);2*1-2H3. The number of hydrogen-bond acceptors (Lipinski definition) is 1. The topological polar surface area (TPSA) is 29.1 Å². The average Bonchev–Trinajstić information content (AvgIpc) is 2.24. The van der Waals surface area contributed by atoms with Crippen LogP contribution >= 0.6 is 0 Å². The van der Waals surface area contributed by atoms with Crippen molar-refractivity contribution in [1.29, 1.82) is 0 Å². The van der Waals surface area contributed by atoms with E-state index in [1.807, 2.05) is 34.6 Å². The van der Waals surface area contributed by atoms with Gasteiger partial charge in [0.15, 0.2) is 0 Å². The maximum Gasteiger partial charge on any atom is 0.216 e. The van der Waals surface area contributed by atoms with Gasteiger partial charge in [-0.1, -0.05) is 61.3 Å². The van der Waals surface area contributed by atoms with Crippen LogP contribution in [0, 0.1) is 5.92 Å². The molecular weight excluding hydrogens is 198 g/mol. The Kier molecular flexibility index (Phi) is 45.0. The van der Waals surface area contributed by atoms with Gasteiger partial charge >= 0.3 is 0 Å². The first-order valence-electron chi connectivity index (χ1n) is 6.78. The van der Waals surface area contributed by atoms with Gasteiger partial charge < -0.3 is 5.32 Å². The lowest BCUT2D eigenvalue weighted by molar-refractivity contribution is -0.118. The Morgan fingerprint density at radius 1 is 1.06 bits per heavy atom. The summed E-state index contributed by atoms with van der Waals surface area (Å²) < 4.78 is 0. The Balaban J connectivity index is -0.0000000686. The molecule has 0 aromatic rings. The molecule has 0 saturated heterocycles. The summed E-state index contributed by atoms with van der Waals surface area (Å²) in [5.74, 6) is 0.938. The minimum Gasteiger partial charge on any atom is -0.357 e. The molecular formula is C14H35NO. The summed E-state index contributed by atoms with van der Waals surface area (Å²) >= 11 is 0. The third-order valence-electron chi connectivity index (χ3n) is 1.29. The Labute approximate surface area is 104 Å². The molecule has 2 heteroatoms. The maximum absolute atomic E-state index is 9.93. The second kappa shape index (κ2) is 29.3. The number of rotatable bonds is 3. The fourth-order valence-corrected chi connectivity index (χ4v) is 0.826. The average molecular weight is 233 g/mol. The zero-order valence-corrected chi connectivity index (χ0v) is 13.1. The molecule has 1 N–H and O–H groups in total. The van der Waals surface area contributed by atoms with E-state index < -0.39 is 0 Å². The number of carbonyl (C=O) groups excluding carboxylic acids is 1. The van der Waals surface area contributed by atoms with Crippen molar-refractivity contribution in [3.8, 4) is 0 Å². The van der Waals surface area contributed by atoms with Gasteiger partial charge in [-0.05, 0) is 12.8 Å². The van der Waals surface area contributed by atoms with Gasteiger partial charge in [0, 0.05) is 13.5 Å². The molecule has 0 aliphatic rings. The second-order valence-corrected chi connectivity index (χ2v) is 3.27. The molecule has 0 atom stereocenters. The van der Waals surface area contributed by atoms with Gasteiger partial charge in [-0.15, -0.1) is 0 Å². The highest BCUT2D eigenvalue weighted by Crippen LogP contribution is 2.00. The van der Waals surface area contributed by atoms with Crippen LogP contribution in [0.15, 0.2) is 0 Å². The van der Waals surface area contributed by atoms with Gasteiger partial charge in [-0.25, -0.2) is 0 Å². The van der Waals surface area contributed by atoms with E-state index in [0.29, 0.717) is 0 Å². The van der Waals surface area contributed by atoms with Crippen LogP contribution in [-0.4, -0.2) is 12.5 Å². The molecule has 0 bridgehead atoms. The van der Waals surface area contributed by atoms with Crippen LogP contribution in [0.4, 0.5) is 0 Å². The number of nitrogens with one attached hydrogen (secondary N) is 1. The molecule has 102 valence electrons. The van der Waals surface area contributed by atoms with Crippen LogP contribution < -0.4 is 5.32 Å². The lowest BCUT2D eigenvalue weighted by atomic mass is 10.1. The third kappa shape index (κ3) is 70.0. The zero-order chi connectivity index (χ0) is 14.0. The van der Waals surface area contributed by atoms with E-state index in [0.717, 1.165) is 12.5 Å². The Bertz CT molecular complexity index is 101. The molecule has 0 saturated carbocycles. The summed E-state index contributed by atoms with van der Waals surface area (Å²) in [6.07, 6.45) is 2.71. The molecule has 0 radical (unpaired) electrons. The molecule has 0 unspecified atom stereocenters. The quantitative estimate of drug-likeness (QED) is 0.756. The first-order chi connectivity index (χ1) is 7.54. The van der Waals surface area contributed by atoms with E-state index in [-0.39, 0.29) is 5.91 Å². The predicted molar refractivity (Wildman–Crippen MR) is 76.8 cm³/mol. The molecule has 0 aliphatic heterocycles. The summed E-state index contributed by atoms with van der Waals surface area (Å²) in [6.45, 7) is 18.9. The second-order valence-electron chi connectivity index (χ2n) is 3.27. The van der Waals surface area contributed by atoms with Crippen molar-refractivity contribution in [1.82, 2.24) is 5.32 Å². The van der Waals surface area contributed by atoms with E-state index >= 15 is 0 Å². The van der Waals surface area contributed by atoms with Crippen molar-refractivity contribution in [2.45, 2.75) is 75.2 Å². The monoisotopic (exact) mass is 233 g/mol. The summed E-state index contributed by atoms with van der Waals surface area (Å²) in [7, 11) is 0. The zero-order valence-electron chi connectivity index (χ0n) is 13.1. The van der Waals surface area contributed by atoms with Crippen LogP contribution in [-0.2, 0) is 4.79 Å². The number of amides is 1. The first kappa shape index (κ1) is 24.6. The largest absolute Gasteiger partial charge is 0.357 e. The van der Waals surface area contributed by atoms with Gasteiger partial charge in [-0.2, -0.15) is 0 Å². The van der Waals surface area contributed by atoms with E-state index in [1.54, 1.807) is 0 Å². The molecule has 0 aromatic carbocycles. The van der Waals surface area contributed by atoms with Crippen LogP contribution in [0.2, 0.25) is 0 Å². The van der Waals surface area contributed by atoms with Crippen LogP contribution in [0.3, 0.4) is 0 Å². The lowest BCUT2D eigenvalue weighted by Gasteiger charge is -1.95.